The van der Waals surface area contributed by atoms with Crippen LogP contribution in [0.15, 0.2) is 29.2 Å². The molecule has 0 amide bonds. The number of sulfonamides is 1. The SMILES string of the molecule is CC(N)c1cccc(S(=O)(=O)N2CCC(C)(C)C2)c1. The molecule has 19 heavy (non-hydrogen) atoms. The van der Waals surface area contributed by atoms with Crippen LogP contribution < -0.4 is 5.73 Å². The van der Waals surface area contributed by atoms with Crippen molar-refractivity contribution in [1.82, 2.24) is 4.31 Å². The average Bonchev–Trinajstić information content (AvgIpc) is 2.70. The third kappa shape index (κ3) is 2.99. The summed E-state index contributed by atoms with van der Waals surface area (Å²) in [7, 11) is -3.39. The quantitative estimate of drug-likeness (QED) is 0.923. The molecule has 0 spiro atoms. The molecule has 1 saturated heterocycles. The fraction of sp³-hybridized carbons (Fsp3) is 0.571. The summed E-state index contributed by atoms with van der Waals surface area (Å²) in [5, 5.41) is 0. The minimum absolute atomic E-state index is 0.0613. The molecule has 1 aromatic carbocycles. The molecule has 0 saturated carbocycles. The molecular weight excluding hydrogens is 260 g/mol. The summed E-state index contributed by atoms with van der Waals surface area (Å²) in [5.41, 5.74) is 6.72. The van der Waals surface area contributed by atoms with Crippen LogP contribution in [-0.2, 0) is 10.0 Å². The highest BCUT2D eigenvalue weighted by Crippen LogP contribution is 2.33. The van der Waals surface area contributed by atoms with Crippen molar-refractivity contribution in [2.75, 3.05) is 13.1 Å². The summed E-state index contributed by atoms with van der Waals surface area (Å²) in [6.07, 6.45) is 0.902. The first-order valence-electron chi connectivity index (χ1n) is 6.58. The molecule has 0 aromatic heterocycles. The van der Waals surface area contributed by atoms with Crippen molar-refractivity contribution in [3.63, 3.8) is 0 Å². The van der Waals surface area contributed by atoms with Crippen LogP contribution in [0.1, 0.15) is 38.8 Å². The highest BCUT2D eigenvalue weighted by atomic mass is 32.2. The Bertz CT molecular complexity index is 565. The zero-order chi connectivity index (χ0) is 14.3. The van der Waals surface area contributed by atoms with Crippen LogP contribution >= 0.6 is 0 Å². The van der Waals surface area contributed by atoms with Crippen molar-refractivity contribution in [1.29, 1.82) is 0 Å². The van der Waals surface area contributed by atoms with Crippen LogP contribution in [0.2, 0.25) is 0 Å². The molecule has 2 rings (SSSR count). The molecule has 5 heteroatoms. The second kappa shape index (κ2) is 4.89. The number of rotatable bonds is 3. The lowest BCUT2D eigenvalue weighted by molar-refractivity contribution is 0.375. The predicted molar refractivity (Wildman–Crippen MR) is 76.2 cm³/mol. The Balaban J connectivity index is 2.33. The molecule has 1 aromatic rings. The van der Waals surface area contributed by atoms with Gasteiger partial charge < -0.3 is 5.73 Å². The summed E-state index contributed by atoms with van der Waals surface area (Å²) < 4.78 is 26.7. The van der Waals surface area contributed by atoms with E-state index in [-0.39, 0.29) is 11.5 Å². The Morgan fingerprint density at radius 3 is 2.58 bits per heavy atom. The summed E-state index contributed by atoms with van der Waals surface area (Å²) in [5.74, 6) is 0. The fourth-order valence-electron chi connectivity index (χ4n) is 2.38. The van der Waals surface area contributed by atoms with Crippen molar-refractivity contribution < 1.29 is 8.42 Å². The lowest BCUT2D eigenvalue weighted by Crippen LogP contribution is -2.30. The molecule has 1 atom stereocenters. The zero-order valence-corrected chi connectivity index (χ0v) is 12.6. The standard InChI is InChI=1S/C14H22N2O2S/c1-11(15)12-5-4-6-13(9-12)19(17,18)16-8-7-14(2,3)10-16/h4-6,9,11H,7-8,10,15H2,1-3H3. The van der Waals surface area contributed by atoms with Gasteiger partial charge in [-0.3, -0.25) is 0 Å². The summed E-state index contributed by atoms with van der Waals surface area (Å²) >= 11 is 0. The van der Waals surface area contributed by atoms with E-state index >= 15 is 0 Å². The molecule has 1 aliphatic heterocycles. The van der Waals surface area contributed by atoms with Crippen LogP contribution in [0.25, 0.3) is 0 Å². The molecule has 4 nitrogen and oxygen atoms in total. The Morgan fingerprint density at radius 2 is 2.05 bits per heavy atom. The molecular formula is C14H22N2O2S. The van der Waals surface area contributed by atoms with Gasteiger partial charge in [0, 0.05) is 19.1 Å². The third-order valence-electron chi connectivity index (χ3n) is 3.66. The highest BCUT2D eigenvalue weighted by molar-refractivity contribution is 7.89. The molecule has 2 N–H and O–H groups in total. The Hall–Kier alpha value is -0.910. The van der Waals surface area contributed by atoms with Gasteiger partial charge in [0.25, 0.3) is 0 Å². The Labute approximate surface area is 115 Å². The van der Waals surface area contributed by atoms with Crippen LogP contribution in [0.3, 0.4) is 0 Å². The molecule has 1 fully saturated rings. The van der Waals surface area contributed by atoms with Gasteiger partial charge in [-0.25, -0.2) is 8.42 Å². The van der Waals surface area contributed by atoms with Gasteiger partial charge in [-0.15, -0.1) is 0 Å². The fourth-order valence-corrected chi connectivity index (χ4v) is 4.06. The molecule has 1 unspecified atom stereocenters. The van der Waals surface area contributed by atoms with Crippen molar-refractivity contribution in [2.45, 2.75) is 38.1 Å². The van der Waals surface area contributed by atoms with E-state index in [4.69, 9.17) is 5.73 Å². The average molecular weight is 282 g/mol. The Kier molecular flexibility index (Phi) is 3.73. The number of hydrogen-bond donors (Lipinski definition) is 1. The van der Waals surface area contributed by atoms with Gasteiger partial charge >= 0.3 is 0 Å². The first-order chi connectivity index (χ1) is 8.72. The van der Waals surface area contributed by atoms with Crippen molar-refractivity contribution in [3.8, 4) is 0 Å². The predicted octanol–water partition coefficient (Wildman–Crippen LogP) is 2.13. The van der Waals surface area contributed by atoms with Crippen LogP contribution in [0.4, 0.5) is 0 Å². The van der Waals surface area contributed by atoms with Gasteiger partial charge in [0.15, 0.2) is 0 Å². The van der Waals surface area contributed by atoms with E-state index < -0.39 is 10.0 Å². The highest BCUT2D eigenvalue weighted by Gasteiger charge is 2.36. The van der Waals surface area contributed by atoms with Crippen LogP contribution in [0, 0.1) is 5.41 Å². The van der Waals surface area contributed by atoms with Gasteiger partial charge in [0.2, 0.25) is 10.0 Å². The van der Waals surface area contributed by atoms with E-state index in [0.717, 1.165) is 12.0 Å². The summed E-state index contributed by atoms with van der Waals surface area (Å²) in [4.78, 5) is 0.347. The van der Waals surface area contributed by atoms with Gasteiger partial charge in [0.05, 0.1) is 4.90 Å². The first kappa shape index (κ1) is 14.5. The minimum atomic E-state index is -3.39. The van der Waals surface area contributed by atoms with E-state index in [0.29, 0.717) is 18.0 Å². The largest absolute Gasteiger partial charge is 0.324 e. The lowest BCUT2D eigenvalue weighted by atomic mass is 9.93. The van der Waals surface area contributed by atoms with Crippen molar-refractivity contribution >= 4 is 10.0 Å². The van der Waals surface area contributed by atoms with Gasteiger partial charge in [-0.1, -0.05) is 26.0 Å². The summed E-state index contributed by atoms with van der Waals surface area (Å²) in [6, 6.07) is 6.78. The van der Waals surface area contributed by atoms with E-state index in [1.165, 1.54) is 0 Å². The van der Waals surface area contributed by atoms with Gasteiger partial charge in [-0.2, -0.15) is 4.31 Å². The van der Waals surface area contributed by atoms with E-state index in [1.807, 2.05) is 13.0 Å². The molecule has 1 aliphatic rings. The monoisotopic (exact) mass is 282 g/mol. The number of benzene rings is 1. The third-order valence-corrected chi connectivity index (χ3v) is 5.51. The second-order valence-corrected chi connectivity index (χ2v) is 8.05. The zero-order valence-electron chi connectivity index (χ0n) is 11.8. The molecule has 106 valence electrons. The maximum atomic E-state index is 12.6. The van der Waals surface area contributed by atoms with Gasteiger partial charge in [-0.05, 0) is 36.5 Å². The number of hydrogen-bond acceptors (Lipinski definition) is 3. The maximum Gasteiger partial charge on any atom is 0.243 e. The first-order valence-corrected chi connectivity index (χ1v) is 8.02. The van der Waals surface area contributed by atoms with Crippen molar-refractivity contribution in [2.24, 2.45) is 11.1 Å². The number of nitrogens with two attached hydrogens (primary N) is 1. The topological polar surface area (TPSA) is 63.4 Å². The van der Waals surface area contributed by atoms with Crippen molar-refractivity contribution in [3.05, 3.63) is 29.8 Å². The lowest BCUT2D eigenvalue weighted by Gasteiger charge is -2.20. The molecule has 0 bridgehead atoms. The van der Waals surface area contributed by atoms with E-state index in [9.17, 15) is 8.42 Å². The normalized spacial score (nSPS) is 21.5. The van der Waals surface area contributed by atoms with Crippen LogP contribution in [0.5, 0.6) is 0 Å². The second-order valence-electron chi connectivity index (χ2n) is 6.11. The Morgan fingerprint density at radius 1 is 1.37 bits per heavy atom. The van der Waals surface area contributed by atoms with Gasteiger partial charge in [0.1, 0.15) is 0 Å². The summed E-state index contributed by atoms with van der Waals surface area (Å²) in [6.45, 7) is 7.22. The van der Waals surface area contributed by atoms with E-state index in [2.05, 4.69) is 13.8 Å². The maximum absolute atomic E-state index is 12.6. The smallest absolute Gasteiger partial charge is 0.243 e. The van der Waals surface area contributed by atoms with Crippen LogP contribution in [-0.4, -0.2) is 25.8 Å². The minimum Gasteiger partial charge on any atom is -0.324 e. The molecule has 0 aliphatic carbocycles. The molecule has 0 radical (unpaired) electrons. The van der Waals surface area contributed by atoms with E-state index in [1.54, 1.807) is 22.5 Å². The number of nitrogens with zero attached hydrogens (tertiary/aromatic N) is 1. The molecule has 1 heterocycles.